The van der Waals surface area contributed by atoms with Gasteiger partial charge in [-0.3, -0.25) is 9.69 Å². The zero-order chi connectivity index (χ0) is 21.1. The lowest BCUT2D eigenvalue weighted by molar-refractivity contribution is 0.0162. The van der Waals surface area contributed by atoms with Gasteiger partial charge >= 0.3 is 0 Å². The Labute approximate surface area is 171 Å². The summed E-state index contributed by atoms with van der Waals surface area (Å²) < 4.78 is 44.8. The minimum Gasteiger partial charge on any atom is -0.379 e. The predicted octanol–water partition coefficient (Wildman–Crippen LogP) is 3.44. The number of benzene rings is 2. The van der Waals surface area contributed by atoms with Crippen molar-refractivity contribution in [3.63, 3.8) is 0 Å². The van der Waals surface area contributed by atoms with Crippen LogP contribution in [0.4, 0.5) is 13.2 Å². The smallest absolute Gasteiger partial charge is 0.295 e. The lowest BCUT2D eigenvalue weighted by atomic mass is 10.0. The Kier molecular flexibility index (Phi) is 6.01. The minimum absolute atomic E-state index is 0.213. The normalized spacial score (nSPS) is 16.1. The van der Waals surface area contributed by atoms with E-state index in [4.69, 9.17) is 4.74 Å². The molecule has 1 aromatic heterocycles. The van der Waals surface area contributed by atoms with E-state index >= 15 is 0 Å². The first-order chi connectivity index (χ1) is 14.5. The highest BCUT2D eigenvalue weighted by atomic mass is 19.3. The monoisotopic (exact) mass is 418 g/mol. The lowest BCUT2D eigenvalue weighted by Crippen LogP contribution is -2.43. The number of hydrogen-bond donors (Lipinski definition) is 2. The number of rotatable bonds is 6. The number of morpholine rings is 1. The van der Waals surface area contributed by atoms with E-state index in [1.54, 1.807) is 12.1 Å². The molecule has 0 saturated carbocycles. The van der Waals surface area contributed by atoms with Gasteiger partial charge in [-0.25, -0.2) is 18.2 Å². The molecule has 0 aliphatic carbocycles. The fraction of sp³-hybridized carbons (Fsp3) is 0.333. The highest BCUT2D eigenvalue weighted by molar-refractivity contribution is 5.97. The molecule has 1 unspecified atom stereocenters. The van der Waals surface area contributed by atoms with Crippen LogP contribution in [-0.2, 0) is 4.74 Å². The molecule has 2 heterocycles. The third-order valence-electron chi connectivity index (χ3n) is 5.14. The van der Waals surface area contributed by atoms with Crippen molar-refractivity contribution in [2.75, 3.05) is 32.8 Å². The van der Waals surface area contributed by atoms with E-state index in [0.717, 1.165) is 5.56 Å². The topological polar surface area (TPSA) is 70.2 Å². The molecule has 1 saturated heterocycles. The fourth-order valence-corrected chi connectivity index (χ4v) is 3.63. The first-order valence-corrected chi connectivity index (χ1v) is 9.64. The van der Waals surface area contributed by atoms with Crippen LogP contribution in [0.5, 0.6) is 0 Å². The molecule has 0 bridgehead atoms. The Hall–Kier alpha value is -2.91. The van der Waals surface area contributed by atoms with Crippen molar-refractivity contribution < 1.29 is 22.7 Å². The van der Waals surface area contributed by atoms with Gasteiger partial charge in [0, 0.05) is 25.2 Å². The minimum atomic E-state index is -2.71. The molecule has 30 heavy (non-hydrogen) atoms. The van der Waals surface area contributed by atoms with Crippen molar-refractivity contribution >= 4 is 16.9 Å². The summed E-state index contributed by atoms with van der Waals surface area (Å²) in [6.07, 6.45) is -2.71. The molecule has 2 aromatic carbocycles. The molecular weight excluding hydrogens is 397 g/mol. The van der Waals surface area contributed by atoms with E-state index in [1.165, 1.54) is 24.3 Å². The highest BCUT2D eigenvalue weighted by Crippen LogP contribution is 2.23. The molecule has 9 heteroatoms. The van der Waals surface area contributed by atoms with Crippen molar-refractivity contribution in [1.82, 2.24) is 20.2 Å². The van der Waals surface area contributed by atoms with Gasteiger partial charge in [0.05, 0.1) is 30.3 Å². The molecule has 4 rings (SSSR count). The number of hydrogen-bond acceptors (Lipinski definition) is 4. The number of amides is 1. The molecule has 1 atom stereocenters. The number of nitrogens with zero attached hydrogens (tertiary/aromatic N) is 2. The van der Waals surface area contributed by atoms with Crippen LogP contribution in [0.1, 0.15) is 34.2 Å². The van der Waals surface area contributed by atoms with Crippen LogP contribution in [0.3, 0.4) is 0 Å². The summed E-state index contributed by atoms with van der Waals surface area (Å²) in [5.74, 6) is -1.11. The Morgan fingerprint density at radius 2 is 2.00 bits per heavy atom. The Balaban J connectivity index is 1.51. The Morgan fingerprint density at radius 1 is 1.20 bits per heavy atom. The van der Waals surface area contributed by atoms with Crippen molar-refractivity contribution in [2.45, 2.75) is 12.5 Å². The van der Waals surface area contributed by atoms with E-state index in [9.17, 15) is 18.0 Å². The van der Waals surface area contributed by atoms with E-state index < -0.39 is 12.2 Å². The van der Waals surface area contributed by atoms with Crippen LogP contribution >= 0.6 is 0 Å². The van der Waals surface area contributed by atoms with Crippen molar-refractivity contribution in [3.8, 4) is 0 Å². The molecule has 2 N–H and O–H groups in total. The number of carbonyl (C=O) groups excluding carboxylic acids is 1. The van der Waals surface area contributed by atoms with E-state index in [-0.39, 0.29) is 24.3 Å². The van der Waals surface area contributed by atoms with Gasteiger partial charge in [-0.2, -0.15) is 0 Å². The van der Waals surface area contributed by atoms with E-state index in [0.29, 0.717) is 42.9 Å². The first-order valence-electron chi connectivity index (χ1n) is 9.64. The molecule has 0 spiro atoms. The van der Waals surface area contributed by atoms with Crippen LogP contribution < -0.4 is 5.32 Å². The maximum Gasteiger partial charge on any atom is 0.295 e. The van der Waals surface area contributed by atoms with Gasteiger partial charge < -0.3 is 15.0 Å². The number of H-pyrrole nitrogens is 1. The van der Waals surface area contributed by atoms with E-state index in [1.807, 2.05) is 6.07 Å². The van der Waals surface area contributed by atoms with Gasteiger partial charge in [-0.1, -0.05) is 12.1 Å². The van der Waals surface area contributed by atoms with Crippen molar-refractivity contribution in [1.29, 1.82) is 0 Å². The fourth-order valence-electron chi connectivity index (χ4n) is 3.63. The van der Waals surface area contributed by atoms with Crippen molar-refractivity contribution in [2.24, 2.45) is 0 Å². The van der Waals surface area contributed by atoms with Crippen LogP contribution in [0.25, 0.3) is 11.0 Å². The number of carbonyl (C=O) groups is 1. The largest absolute Gasteiger partial charge is 0.379 e. The van der Waals surface area contributed by atoms with Gasteiger partial charge in [0.2, 0.25) is 0 Å². The summed E-state index contributed by atoms with van der Waals surface area (Å²) in [4.78, 5) is 21.2. The number of ether oxygens (including phenoxy) is 1. The SMILES string of the molecule is O=C(NCC(c1cccc(F)c1)N1CCOCC1)c1ccc2nc(C(F)F)[nH]c2c1. The Bertz CT molecular complexity index is 1030. The van der Waals surface area contributed by atoms with Crippen LogP contribution in [0, 0.1) is 5.82 Å². The lowest BCUT2D eigenvalue weighted by Gasteiger charge is -2.35. The number of halogens is 3. The highest BCUT2D eigenvalue weighted by Gasteiger charge is 2.24. The summed E-state index contributed by atoms with van der Waals surface area (Å²) in [6.45, 7) is 2.76. The van der Waals surface area contributed by atoms with E-state index in [2.05, 4.69) is 20.2 Å². The van der Waals surface area contributed by atoms with Gasteiger partial charge in [0.15, 0.2) is 5.82 Å². The zero-order valence-corrected chi connectivity index (χ0v) is 16.1. The predicted molar refractivity (Wildman–Crippen MR) is 105 cm³/mol. The van der Waals surface area contributed by atoms with Crippen molar-refractivity contribution in [3.05, 3.63) is 65.2 Å². The average Bonchev–Trinajstić information content (AvgIpc) is 3.18. The maximum atomic E-state index is 13.8. The van der Waals surface area contributed by atoms with Gasteiger partial charge in [-0.05, 0) is 35.9 Å². The number of fused-ring (bicyclic) bond motifs is 1. The number of aromatic nitrogens is 2. The number of aromatic amines is 1. The molecule has 3 aromatic rings. The summed E-state index contributed by atoms with van der Waals surface area (Å²) in [6, 6.07) is 10.7. The summed E-state index contributed by atoms with van der Waals surface area (Å²) in [7, 11) is 0. The molecular formula is C21H21F3N4O2. The molecule has 1 amide bonds. The van der Waals surface area contributed by atoms with Crippen LogP contribution in [0.15, 0.2) is 42.5 Å². The molecule has 0 radical (unpaired) electrons. The summed E-state index contributed by atoms with van der Waals surface area (Å²) >= 11 is 0. The quantitative estimate of drug-likeness (QED) is 0.644. The Morgan fingerprint density at radius 3 is 2.73 bits per heavy atom. The maximum absolute atomic E-state index is 13.8. The molecule has 1 aliphatic rings. The van der Waals surface area contributed by atoms with Gasteiger partial charge in [0.1, 0.15) is 5.82 Å². The first kappa shape index (κ1) is 20.4. The summed E-state index contributed by atoms with van der Waals surface area (Å²) in [5, 5.41) is 2.88. The third kappa shape index (κ3) is 4.47. The molecule has 1 aliphatic heterocycles. The second-order valence-corrected chi connectivity index (χ2v) is 7.08. The van der Waals surface area contributed by atoms with Crippen LogP contribution in [0.2, 0.25) is 0 Å². The average molecular weight is 418 g/mol. The second-order valence-electron chi connectivity index (χ2n) is 7.08. The standard InChI is InChI=1S/C21H21F3N4O2/c22-15-3-1-2-13(10-15)18(28-6-8-30-9-7-28)12-25-21(29)14-4-5-16-17(11-14)27-20(26-16)19(23)24/h1-5,10-11,18-19H,6-9,12H2,(H,25,29)(H,26,27). The molecule has 158 valence electrons. The second kappa shape index (κ2) is 8.85. The van der Waals surface area contributed by atoms with Crippen LogP contribution in [-0.4, -0.2) is 53.6 Å². The molecule has 6 nitrogen and oxygen atoms in total. The number of alkyl halides is 2. The molecule has 1 fully saturated rings. The zero-order valence-electron chi connectivity index (χ0n) is 16.1. The van der Waals surface area contributed by atoms with Gasteiger partial charge in [0.25, 0.3) is 12.3 Å². The summed E-state index contributed by atoms with van der Waals surface area (Å²) in [5.41, 5.74) is 1.83. The number of nitrogens with one attached hydrogen (secondary N) is 2. The number of imidazole rings is 1. The third-order valence-corrected chi connectivity index (χ3v) is 5.14. The van der Waals surface area contributed by atoms with Gasteiger partial charge in [-0.15, -0.1) is 0 Å².